The lowest BCUT2D eigenvalue weighted by atomic mass is 10.4. The van der Waals surface area contributed by atoms with Gasteiger partial charge in [0, 0.05) is 32.1 Å². The first kappa shape index (κ1) is 15.2. The molecule has 15 heavy (non-hydrogen) atoms. The summed E-state index contributed by atoms with van der Waals surface area (Å²) >= 11 is 5.56. The molecule has 0 aromatic carbocycles. The topological polar surface area (TPSA) is 40.6 Å². The average molecular weight is 257 g/mol. The van der Waals surface area contributed by atoms with Crippen LogP contribution in [0.15, 0.2) is 0 Å². The highest BCUT2D eigenvalue weighted by molar-refractivity contribution is 7.86. The predicted molar refractivity (Wildman–Crippen MR) is 64.4 cm³/mol. The highest BCUT2D eigenvalue weighted by Gasteiger charge is 2.26. The maximum atomic E-state index is 12.0. The first-order chi connectivity index (χ1) is 6.87. The number of rotatable bonds is 7. The van der Waals surface area contributed by atoms with Gasteiger partial charge in [-0.15, -0.1) is 11.6 Å². The molecular weight excluding hydrogens is 236 g/mol. The summed E-state index contributed by atoms with van der Waals surface area (Å²) in [5, 5.41) is 0. The number of halogens is 1. The number of alkyl halides is 1. The van der Waals surface area contributed by atoms with Crippen molar-refractivity contribution in [2.75, 3.05) is 26.0 Å². The zero-order valence-electron chi connectivity index (χ0n) is 9.90. The molecule has 6 heteroatoms. The van der Waals surface area contributed by atoms with Crippen molar-refractivity contribution in [2.45, 2.75) is 33.2 Å². The highest BCUT2D eigenvalue weighted by atomic mass is 35.5. The van der Waals surface area contributed by atoms with Gasteiger partial charge in [-0.3, -0.25) is 0 Å². The van der Waals surface area contributed by atoms with Gasteiger partial charge in [-0.05, 0) is 20.3 Å². The second-order valence-electron chi connectivity index (χ2n) is 3.65. The Balaban J connectivity index is 4.66. The van der Waals surface area contributed by atoms with Gasteiger partial charge < -0.3 is 0 Å². The fraction of sp³-hybridized carbons (Fsp3) is 1.00. The van der Waals surface area contributed by atoms with Crippen molar-refractivity contribution in [1.29, 1.82) is 0 Å². The van der Waals surface area contributed by atoms with Crippen LogP contribution in [0.1, 0.15) is 27.2 Å². The second kappa shape index (κ2) is 6.68. The molecule has 92 valence electrons. The number of hydrogen-bond acceptors (Lipinski definition) is 2. The van der Waals surface area contributed by atoms with Crippen LogP contribution in [0, 0.1) is 0 Å². The molecule has 0 heterocycles. The van der Waals surface area contributed by atoms with E-state index in [1.54, 1.807) is 7.05 Å². The summed E-state index contributed by atoms with van der Waals surface area (Å²) in [6.45, 7) is 6.51. The molecule has 0 radical (unpaired) electrons. The molecule has 4 nitrogen and oxygen atoms in total. The SMILES string of the molecule is CCN(CCCCl)S(=O)(=O)N(C)C(C)C. The lowest BCUT2D eigenvalue weighted by Gasteiger charge is -2.28. The fourth-order valence-electron chi connectivity index (χ4n) is 1.12. The van der Waals surface area contributed by atoms with E-state index in [4.69, 9.17) is 11.6 Å². The smallest absolute Gasteiger partial charge is 0.195 e. The minimum Gasteiger partial charge on any atom is -0.195 e. The van der Waals surface area contributed by atoms with Crippen LogP contribution >= 0.6 is 11.6 Å². The number of hydrogen-bond donors (Lipinski definition) is 0. The van der Waals surface area contributed by atoms with Gasteiger partial charge in [0.2, 0.25) is 0 Å². The van der Waals surface area contributed by atoms with Crippen molar-refractivity contribution in [1.82, 2.24) is 8.61 Å². The largest absolute Gasteiger partial charge is 0.281 e. The van der Waals surface area contributed by atoms with Crippen molar-refractivity contribution in [3.05, 3.63) is 0 Å². The Bertz CT molecular complexity index is 267. The molecule has 0 aliphatic rings. The highest BCUT2D eigenvalue weighted by Crippen LogP contribution is 2.10. The summed E-state index contributed by atoms with van der Waals surface area (Å²) in [5.41, 5.74) is 0. The van der Waals surface area contributed by atoms with Gasteiger partial charge >= 0.3 is 0 Å². The third-order valence-corrected chi connectivity index (χ3v) is 4.82. The second-order valence-corrected chi connectivity index (χ2v) is 6.02. The molecule has 0 fully saturated rings. The Hall–Kier alpha value is 0.160. The van der Waals surface area contributed by atoms with Crippen LogP contribution in [0.25, 0.3) is 0 Å². The van der Waals surface area contributed by atoms with E-state index < -0.39 is 10.2 Å². The summed E-state index contributed by atoms with van der Waals surface area (Å²) in [5.74, 6) is 0.484. The Morgan fingerprint density at radius 3 is 2.20 bits per heavy atom. The number of nitrogens with zero attached hydrogens (tertiary/aromatic N) is 2. The molecule has 0 aromatic rings. The van der Waals surface area contributed by atoms with Crippen molar-refractivity contribution < 1.29 is 8.42 Å². The van der Waals surface area contributed by atoms with Gasteiger partial charge in [-0.25, -0.2) is 0 Å². The van der Waals surface area contributed by atoms with Gasteiger partial charge in [-0.1, -0.05) is 6.92 Å². The summed E-state index contributed by atoms with van der Waals surface area (Å²) in [7, 11) is -1.71. The summed E-state index contributed by atoms with van der Waals surface area (Å²) in [6, 6.07) is -0.0277. The molecule has 0 N–H and O–H groups in total. The van der Waals surface area contributed by atoms with Crippen LogP contribution < -0.4 is 0 Å². The van der Waals surface area contributed by atoms with E-state index in [0.717, 1.165) is 0 Å². The van der Waals surface area contributed by atoms with E-state index in [-0.39, 0.29) is 6.04 Å². The molecular formula is C9H21ClN2O2S. The summed E-state index contributed by atoms with van der Waals surface area (Å²) in [4.78, 5) is 0. The third-order valence-electron chi connectivity index (χ3n) is 2.31. The minimum absolute atomic E-state index is 0.0277. The maximum absolute atomic E-state index is 12.0. The zero-order chi connectivity index (χ0) is 12.1. The summed E-state index contributed by atoms with van der Waals surface area (Å²) < 4.78 is 26.9. The minimum atomic E-state index is -3.31. The molecule has 0 spiro atoms. The standard InChI is InChI=1S/C9H21ClN2O2S/c1-5-12(8-6-7-10)15(13,14)11(4)9(2)3/h9H,5-8H2,1-4H3. The monoisotopic (exact) mass is 256 g/mol. The quantitative estimate of drug-likeness (QED) is 0.648. The molecule has 0 saturated heterocycles. The normalized spacial score (nSPS) is 13.1. The van der Waals surface area contributed by atoms with Crippen LogP contribution in [0.3, 0.4) is 0 Å². The molecule has 0 bridgehead atoms. The van der Waals surface area contributed by atoms with E-state index >= 15 is 0 Å². The molecule has 0 aliphatic heterocycles. The van der Waals surface area contributed by atoms with E-state index in [9.17, 15) is 8.42 Å². The Kier molecular flexibility index (Phi) is 6.75. The average Bonchev–Trinajstić information content (AvgIpc) is 2.17. The van der Waals surface area contributed by atoms with Gasteiger partial charge in [0.25, 0.3) is 10.2 Å². The van der Waals surface area contributed by atoms with Crippen molar-refractivity contribution in [3.8, 4) is 0 Å². The van der Waals surface area contributed by atoms with Gasteiger partial charge in [0.15, 0.2) is 0 Å². The molecule has 0 aromatic heterocycles. The van der Waals surface area contributed by atoms with Gasteiger partial charge in [-0.2, -0.15) is 17.0 Å². The van der Waals surface area contributed by atoms with Gasteiger partial charge in [0.1, 0.15) is 0 Å². The van der Waals surface area contributed by atoms with Crippen LogP contribution in [0.2, 0.25) is 0 Å². The van der Waals surface area contributed by atoms with Crippen molar-refractivity contribution in [2.24, 2.45) is 0 Å². The lowest BCUT2D eigenvalue weighted by molar-refractivity contribution is 0.341. The first-order valence-corrected chi connectivity index (χ1v) is 7.10. The molecule has 0 amide bonds. The van der Waals surface area contributed by atoms with Crippen molar-refractivity contribution in [3.63, 3.8) is 0 Å². The van der Waals surface area contributed by atoms with E-state index in [1.165, 1.54) is 8.61 Å². The lowest BCUT2D eigenvalue weighted by Crippen LogP contribution is -2.45. The molecule has 0 aliphatic carbocycles. The van der Waals surface area contributed by atoms with Crippen LogP contribution in [-0.4, -0.2) is 49.1 Å². The van der Waals surface area contributed by atoms with Crippen LogP contribution in [0.5, 0.6) is 0 Å². The maximum Gasteiger partial charge on any atom is 0.281 e. The first-order valence-electron chi connectivity index (χ1n) is 5.17. The Morgan fingerprint density at radius 2 is 1.87 bits per heavy atom. The predicted octanol–water partition coefficient (Wildman–Crippen LogP) is 1.52. The van der Waals surface area contributed by atoms with Crippen LogP contribution in [-0.2, 0) is 10.2 Å². The zero-order valence-corrected chi connectivity index (χ0v) is 11.5. The van der Waals surface area contributed by atoms with E-state index in [0.29, 0.717) is 25.4 Å². The van der Waals surface area contributed by atoms with Gasteiger partial charge in [0.05, 0.1) is 0 Å². The Morgan fingerprint density at radius 1 is 1.33 bits per heavy atom. The summed E-state index contributed by atoms with van der Waals surface area (Å²) in [6.07, 6.45) is 0.681. The van der Waals surface area contributed by atoms with E-state index in [2.05, 4.69) is 0 Å². The molecule has 0 atom stereocenters. The Labute approximate surface area is 98.4 Å². The molecule has 0 saturated carbocycles. The molecule has 0 unspecified atom stereocenters. The molecule has 0 rings (SSSR count). The van der Waals surface area contributed by atoms with E-state index in [1.807, 2.05) is 20.8 Å². The van der Waals surface area contributed by atoms with Crippen molar-refractivity contribution >= 4 is 21.8 Å². The fourth-order valence-corrected chi connectivity index (χ4v) is 2.82. The third kappa shape index (κ3) is 4.26. The van der Waals surface area contributed by atoms with Crippen LogP contribution in [0.4, 0.5) is 0 Å².